The molecule has 0 aliphatic carbocycles. The Morgan fingerprint density at radius 1 is 1.43 bits per heavy atom. The van der Waals surface area contributed by atoms with E-state index in [1.54, 1.807) is 6.08 Å². The predicted molar refractivity (Wildman–Crippen MR) is 85.5 cm³/mol. The number of nitrogens with zero attached hydrogens (tertiary/aromatic N) is 3. The summed E-state index contributed by atoms with van der Waals surface area (Å²) in [7, 11) is 3.94. The molecule has 0 radical (unpaired) electrons. The van der Waals surface area contributed by atoms with Gasteiger partial charge in [0.05, 0.1) is 0 Å². The molecule has 2 heterocycles. The van der Waals surface area contributed by atoms with Gasteiger partial charge in [0.25, 0.3) is 0 Å². The van der Waals surface area contributed by atoms with Crippen LogP contribution in [-0.2, 0) is 11.2 Å². The predicted octanol–water partition coefficient (Wildman–Crippen LogP) is 1.07. The highest BCUT2D eigenvalue weighted by Crippen LogP contribution is 2.17. The van der Waals surface area contributed by atoms with E-state index in [9.17, 15) is 4.79 Å². The maximum Gasteiger partial charge on any atom is 0.243 e. The van der Waals surface area contributed by atoms with E-state index < -0.39 is 0 Å². The summed E-state index contributed by atoms with van der Waals surface area (Å²) in [5, 5.41) is 2.88. The molecule has 0 unspecified atom stereocenters. The van der Waals surface area contributed by atoms with Gasteiger partial charge in [-0.2, -0.15) is 0 Å². The van der Waals surface area contributed by atoms with Crippen LogP contribution < -0.4 is 10.2 Å². The van der Waals surface area contributed by atoms with Crippen molar-refractivity contribution >= 4 is 11.7 Å². The van der Waals surface area contributed by atoms with Gasteiger partial charge in [-0.1, -0.05) is 12.1 Å². The smallest absolute Gasteiger partial charge is 0.243 e. The van der Waals surface area contributed by atoms with Crippen LogP contribution in [0, 0.1) is 0 Å². The van der Waals surface area contributed by atoms with Crippen molar-refractivity contribution in [1.29, 1.82) is 0 Å². The highest BCUT2D eigenvalue weighted by molar-refractivity contribution is 5.87. The van der Waals surface area contributed by atoms with E-state index in [1.807, 2.05) is 31.3 Å². The number of carbonyl (C=O) groups is 1. The van der Waals surface area contributed by atoms with Crippen LogP contribution in [0.5, 0.6) is 0 Å². The topological polar surface area (TPSA) is 48.5 Å². The molecule has 1 amide bonds. The summed E-state index contributed by atoms with van der Waals surface area (Å²) >= 11 is 0. The Balaban J connectivity index is 1.68. The average molecular weight is 288 g/mol. The highest BCUT2D eigenvalue weighted by atomic mass is 16.1. The number of rotatable bonds is 7. The summed E-state index contributed by atoms with van der Waals surface area (Å²) in [6.45, 7) is 3.63. The third-order valence-corrected chi connectivity index (χ3v) is 3.44. The number of pyridine rings is 1. The number of amides is 1. The fourth-order valence-corrected chi connectivity index (χ4v) is 2.06. The minimum absolute atomic E-state index is 0.0398. The fraction of sp³-hybridized carbons (Fsp3) is 0.500. The van der Waals surface area contributed by atoms with Crippen molar-refractivity contribution in [1.82, 2.24) is 15.2 Å². The highest BCUT2D eigenvalue weighted by Gasteiger charge is 2.14. The second-order valence-corrected chi connectivity index (χ2v) is 5.57. The lowest BCUT2D eigenvalue weighted by Gasteiger charge is -2.31. The maximum atomic E-state index is 11.6. The van der Waals surface area contributed by atoms with Crippen LogP contribution in [0.3, 0.4) is 0 Å². The van der Waals surface area contributed by atoms with E-state index in [0.717, 1.165) is 37.4 Å². The summed E-state index contributed by atoms with van der Waals surface area (Å²) in [5.74, 6) is 1.02. The zero-order valence-corrected chi connectivity index (χ0v) is 12.9. The molecule has 1 aromatic heterocycles. The van der Waals surface area contributed by atoms with Gasteiger partial charge >= 0.3 is 0 Å². The molecule has 1 N–H and O–H groups in total. The quantitative estimate of drug-likeness (QED) is 0.763. The number of anilines is 1. The van der Waals surface area contributed by atoms with Gasteiger partial charge in [0.15, 0.2) is 0 Å². The van der Waals surface area contributed by atoms with Crippen molar-refractivity contribution in [2.45, 2.75) is 12.8 Å². The Morgan fingerprint density at radius 3 is 2.81 bits per heavy atom. The first-order valence-electron chi connectivity index (χ1n) is 7.44. The molecular weight excluding hydrogens is 264 g/mol. The van der Waals surface area contributed by atoms with Gasteiger partial charge in [-0.05, 0) is 38.6 Å². The lowest BCUT2D eigenvalue weighted by Crippen LogP contribution is -2.37. The molecular formula is C16H24N4O. The molecule has 0 aromatic carbocycles. The van der Waals surface area contributed by atoms with Crippen molar-refractivity contribution < 1.29 is 4.79 Å². The number of hydrogen-bond acceptors (Lipinski definition) is 4. The number of likely N-dealkylation sites (N-methyl/N-ethyl adjacent to an activating group) is 1. The zero-order valence-electron chi connectivity index (χ0n) is 12.9. The molecule has 21 heavy (non-hydrogen) atoms. The molecule has 1 aliphatic rings. The largest absolute Gasteiger partial charge is 0.356 e. The normalized spacial score (nSPS) is 14.5. The Labute approximate surface area is 126 Å². The Morgan fingerprint density at radius 2 is 2.24 bits per heavy atom. The van der Waals surface area contributed by atoms with Gasteiger partial charge in [0.2, 0.25) is 5.91 Å². The minimum Gasteiger partial charge on any atom is -0.356 e. The van der Waals surface area contributed by atoms with E-state index in [4.69, 9.17) is 0 Å². The first-order chi connectivity index (χ1) is 10.1. The fourth-order valence-electron chi connectivity index (χ4n) is 2.06. The van der Waals surface area contributed by atoms with Crippen LogP contribution >= 0.6 is 0 Å². The SMILES string of the molecule is CN(C)C/C=C/C(=O)NCCc1ccc(N2CCC2)nc1. The molecule has 0 atom stereocenters. The van der Waals surface area contributed by atoms with Gasteiger partial charge in [-0.3, -0.25) is 4.79 Å². The summed E-state index contributed by atoms with van der Waals surface area (Å²) in [6.07, 6.45) is 7.42. The number of aromatic nitrogens is 1. The van der Waals surface area contributed by atoms with Crippen LogP contribution in [-0.4, -0.2) is 56.1 Å². The van der Waals surface area contributed by atoms with Crippen molar-refractivity contribution in [3.8, 4) is 0 Å². The Kier molecular flexibility index (Phi) is 5.75. The van der Waals surface area contributed by atoms with Crippen molar-refractivity contribution in [2.24, 2.45) is 0 Å². The van der Waals surface area contributed by atoms with Gasteiger partial charge in [0.1, 0.15) is 5.82 Å². The number of hydrogen-bond donors (Lipinski definition) is 1. The van der Waals surface area contributed by atoms with Crippen molar-refractivity contribution in [3.05, 3.63) is 36.0 Å². The number of nitrogens with one attached hydrogen (secondary N) is 1. The molecule has 1 fully saturated rings. The molecule has 0 spiro atoms. The third-order valence-electron chi connectivity index (χ3n) is 3.44. The Hall–Kier alpha value is -1.88. The van der Waals surface area contributed by atoms with Crippen molar-refractivity contribution in [2.75, 3.05) is 45.2 Å². The van der Waals surface area contributed by atoms with Crippen LogP contribution in [0.2, 0.25) is 0 Å². The first-order valence-corrected chi connectivity index (χ1v) is 7.44. The van der Waals surface area contributed by atoms with E-state index in [1.165, 1.54) is 6.42 Å². The molecule has 5 heteroatoms. The van der Waals surface area contributed by atoms with E-state index in [0.29, 0.717) is 6.54 Å². The second-order valence-electron chi connectivity index (χ2n) is 5.57. The monoisotopic (exact) mass is 288 g/mol. The lowest BCUT2D eigenvalue weighted by molar-refractivity contribution is -0.116. The van der Waals surface area contributed by atoms with E-state index in [2.05, 4.69) is 27.3 Å². The summed E-state index contributed by atoms with van der Waals surface area (Å²) in [4.78, 5) is 20.3. The van der Waals surface area contributed by atoms with Crippen molar-refractivity contribution in [3.63, 3.8) is 0 Å². The van der Waals surface area contributed by atoms with Crippen LogP contribution in [0.15, 0.2) is 30.5 Å². The van der Waals surface area contributed by atoms with Gasteiger partial charge in [0, 0.05) is 38.5 Å². The third kappa shape index (κ3) is 5.19. The number of carbonyl (C=O) groups excluding carboxylic acids is 1. The molecule has 2 rings (SSSR count). The van der Waals surface area contributed by atoms with Gasteiger partial charge in [-0.15, -0.1) is 0 Å². The molecule has 1 saturated heterocycles. The Bertz CT molecular complexity index is 478. The lowest BCUT2D eigenvalue weighted by atomic mass is 10.2. The molecule has 5 nitrogen and oxygen atoms in total. The first kappa shape index (κ1) is 15.5. The summed E-state index contributed by atoms with van der Waals surface area (Å²) < 4.78 is 0. The average Bonchev–Trinajstić information content (AvgIpc) is 2.38. The zero-order chi connectivity index (χ0) is 15.1. The second kappa shape index (κ2) is 7.78. The summed E-state index contributed by atoms with van der Waals surface area (Å²) in [6, 6.07) is 4.15. The van der Waals surface area contributed by atoms with Crippen LogP contribution in [0.4, 0.5) is 5.82 Å². The molecule has 114 valence electrons. The van der Waals surface area contributed by atoms with Crippen LogP contribution in [0.1, 0.15) is 12.0 Å². The van der Waals surface area contributed by atoms with E-state index in [-0.39, 0.29) is 5.91 Å². The summed E-state index contributed by atoms with van der Waals surface area (Å²) in [5.41, 5.74) is 1.15. The van der Waals surface area contributed by atoms with Crippen LogP contribution in [0.25, 0.3) is 0 Å². The minimum atomic E-state index is -0.0398. The maximum absolute atomic E-state index is 11.6. The van der Waals surface area contributed by atoms with Gasteiger partial charge < -0.3 is 15.1 Å². The molecule has 1 aliphatic heterocycles. The van der Waals surface area contributed by atoms with Gasteiger partial charge in [-0.25, -0.2) is 4.98 Å². The molecule has 0 bridgehead atoms. The van der Waals surface area contributed by atoms with E-state index >= 15 is 0 Å². The molecule has 0 saturated carbocycles. The molecule has 1 aromatic rings. The standard InChI is InChI=1S/C16H24N4O/c1-19(2)10-3-5-16(21)17-9-8-14-6-7-15(18-13-14)20-11-4-12-20/h3,5-7,13H,4,8-12H2,1-2H3,(H,17,21)/b5-3+.